The first kappa shape index (κ1) is 20.4. The summed E-state index contributed by atoms with van der Waals surface area (Å²) in [5.41, 5.74) is 2.86. The minimum Gasteiger partial charge on any atom is -0.449 e. The van der Waals surface area contributed by atoms with Crippen molar-refractivity contribution in [3.05, 3.63) is 75.4 Å². The number of imidazole rings is 1. The van der Waals surface area contributed by atoms with Gasteiger partial charge in [-0.3, -0.25) is 4.79 Å². The molecule has 0 radical (unpaired) electrons. The number of carbonyl (C=O) groups excluding carboxylic acids is 2. The fraction of sp³-hybridized carbons (Fsp3) is 0.143. The van der Waals surface area contributed by atoms with E-state index in [2.05, 4.69) is 20.4 Å². The maximum absolute atomic E-state index is 12.6. The number of amides is 1. The van der Waals surface area contributed by atoms with Crippen molar-refractivity contribution in [1.82, 2.24) is 19.7 Å². The molecule has 31 heavy (non-hydrogen) atoms. The predicted octanol–water partition coefficient (Wildman–Crippen LogP) is 3.19. The van der Waals surface area contributed by atoms with Crippen molar-refractivity contribution in [2.75, 3.05) is 5.32 Å². The summed E-state index contributed by atoms with van der Waals surface area (Å²) in [5, 5.41) is 7.49. The highest BCUT2D eigenvalue weighted by Gasteiger charge is 2.22. The Hall–Kier alpha value is -3.85. The fourth-order valence-electron chi connectivity index (χ4n) is 3.08. The van der Waals surface area contributed by atoms with Crippen LogP contribution in [0, 0.1) is 6.92 Å². The maximum Gasteiger partial charge on any atom is 0.342 e. The zero-order valence-corrected chi connectivity index (χ0v) is 17.4. The summed E-state index contributed by atoms with van der Waals surface area (Å²) >= 11 is 5.91. The van der Waals surface area contributed by atoms with E-state index < -0.39 is 18.0 Å². The number of nitrogens with one attached hydrogen (secondary N) is 3. The molecule has 2 heterocycles. The highest BCUT2D eigenvalue weighted by molar-refractivity contribution is 6.30. The second-order valence-corrected chi connectivity index (χ2v) is 7.34. The molecule has 0 saturated carbocycles. The van der Waals surface area contributed by atoms with E-state index in [1.165, 1.54) is 13.1 Å². The molecule has 0 aliphatic heterocycles. The lowest BCUT2D eigenvalue weighted by Crippen LogP contribution is -2.30. The van der Waals surface area contributed by atoms with Crippen LogP contribution in [-0.4, -0.2) is 37.7 Å². The summed E-state index contributed by atoms with van der Waals surface area (Å²) < 4.78 is 6.91. The van der Waals surface area contributed by atoms with E-state index in [4.69, 9.17) is 16.3 Å². The van der Waals surface area contributed by atoms with Gasteiger partial charge in [0.2, 0.25) is 0 Å². The largest absolute Gasteiger partial charge is 0.449 e. The van der Waals surface area contributed by atoms with E-state index in [0.717, 1.165) is 5.69 Å². The quantitative estimate of drug-likeness (QED) is 0.412. The topological polar surface area (TPSA) is 122 Å². The van der Waals surface area contributed by atoms with E-state index >= 15 is 0 Å². The molecule has 0 unspecified atom stereocenters. The molecule has 0 aliphatic carbocycles. The number of anilines is 1. The molecule has 3 N–H and O–H groups in total. The van der Waals surface area contributed by atoms with E-state index in [1.807, 2.05) is 0 Å². The van der Waals surface area contributed by atoms with E-state index in [-0.39, 0.29) is 11.3 Å². The normalized spacial score (nSPS) is 12.0. The van der Waals surface area contributed by atoms with E-state index in [9.17, 15) is 14.4 Å². The Morgan fingerprint density at radius 2 is 1.84 bits per heavy atom. The SMILES string of the molecule is Cc1c(C(=O)O[C@H](C)C(=O)Nc2ccc3[nH]c(=O)[nH]c3c2)cnn1-c1ccc(Cl)cc1. The third-order valence-electron chi connectivity index (χ3n) is 4.74. The number of halogens is 1. The van der Waals surface area contributed by atoms with Gasteiger partial charge in [-0.1, -0.05) is 11.6 Å². The predicted molar refractivity (Wildman–Crippen MR) is 116 cm³/mol. The van der Waals surface area contributed by atoms with Crippen LogP contribution in [0.25, 0.3) is 16.7 Å². The molecule has 1 atom stereocenters. The van der Waals surface area contributed by atoms with Gasteiger partial charge in [0, 0.05) is 10.7 Å². The molecule has 0 fully saturated rings. The van der Waals surface area contributed by atoms with Crippen LogP contribution in [0.2, 0.25) is 5.02 Å². The molecule has 2 aromatic carbocycles. The van der Waals surface area contributed by atoms with Crippen molar-refractivity contribution in [3.63, 3.8) is 0 Å². The highest BCUT2D eigenvalue weighted by atomic mass is 35.5. The molecule has 158 valence electrons. The van der Waals surface area contributed by atoms with Crippen LogP contribution in [0.15, 0.2) is 53.5 Å². The summed E-state index contributed by atoms with van der Waals surface area (Å²) in [6.45, 7) is 3.21. The number of hydrogen-bond donors (Lipinski definition) is 3. The minimum atomic E-state index is -1.05. The number of esters is 1. The van der Waals surface area contributed by atoms with Crippen LogP contribution in [0.1, 0.15) is 23.0 Å². The number of ether oxygens (including phenoxy) is 1. The third-order valence-corrected chi connectivity index (χ3v) is 4.99. The van der Waals surface area contributed by atoms with Crippen molar-refractivity contribution in [3.8, 4) is 5.69 Å². The standard InChI is InChI=1S/C21H18ClN5O4/c1-11-16(10-23-27(11)15-6-3-13(22)4-7-15)20(29)31-12(2)19(28)24-14-5-8-17-18(9-14)26-21(30)25-17/h3-10,12H,1-2H3,(H,24,28)(H2,25,26,30)/t12-/m1/s1. The van der Waals surface area contributed by atoms with Gasteiger partial charge in [0.25, 0.3) is 5.91 Å². The summed E-state index contributed by atoms with van der Waals surface area (Å²) in [6.07, 6.45) is 0.347. The molecule has 10 heteroatoms. The first-order valence-electron chi connectivity index (χ1n) is 9.36. The second kappa shape index (κ2) is 8.11. The van der Waals surface area contributed by atoms with Crippen molar-refractivity contribution >= 4 is 40.2 Å². The third kappa shape index (κ3) is 4.22. The summed E-state index contributed by atoms with van der Waals surface area (Å²) in [4.78, 5) is 41.6. The number of fused-ring (bicyclic) bond motifs is 1. The Morgan fingerprint density at radius 1 is 1.13 bits per heavy atom. The first-order chi connectivity index (χ1) is 14.8. The lowest BCUT2D eigenvalue weighted by molar-refractivity contribution is -0.123. The zero-order chi connectivity index (χ0) is 22.1. The fourth-order valence-corrected chi connectivity index (χ4v) is 3.21. The number of rotatable bonds is 5. The summed E-state index contributed by atoms with van der Waals surface area (Å²) in [6, 6.07) is 11.9. The average Bonchev–Trinajstić information content (AvgIpc) is 3.29. The molecular weight excluding hydrogens is 422 g/mol. The van der Waals surface area contributed by atoms with Gasteiger partial charge in [0.15, 0.2) is 6.10 Å². The number of H-pyrrole nitrogens is 2. The average molecular weight is 440 g/mol. The van der Waals surface area contributed by atoms with Crippen LogP contribution in [-0.2, 0) is 9.53 Å². The number of aromatic nitrogens is 4. The van der Waals surface area contributed by atoms with Gasteiger partial charge in [0.1, 0.15) is 5.56 Å². The lowest BCUT2D eigenvalue weighted by atomic mass is 10.2. The van der Waals surface area contributed by atoms with Gasteiger partial charge in [-0.2, -0.15) is 5.10 Å². The van der Waals surface area contributed by atoms with Crippen LogP contribution >= 0.6 is 11.6 Å². The number of carbonyl (C=O) groups is 2. The minimum absolute atomic E-state index is 0.251. The Balaban J connectivity index is 1.44. The second-order valence-electron chi connectivity index (χ2n) is 6.91. The number of hydrogen-bond acceptors (Lipinski definition) is 5. The van der Waals surface area contributed by atoms with Crippen LogP contribution in [0.3, 0.4) is 0 Å². The van der Waals surface area contributed by atoms with Crippen LogP contribution in [0.5, 0.6) is 0 Å². The van der Waals surface area contributed by atoms with E-state index in [1.54, 1.807) is 54.1 Å². The molecule has 2 aromatic heterocycles. The molecule has 0 aliphatic rings. The number of benzene rings is 2. The zero-order valence-electron chi connectivity index (χ0n) is 16.6. The van der Waals surface area contributed by atoms with Gasteiger partial charge >= 0.3 is 11.7 Å². The molecule has 4 aromatic rings. The monoisotopic (exact) mass is 439 g/mol. The highest BCUT2D eigenvalue weighted by Crippen LogP contribution is 2.19. The Kier molecular flexibility index (Phi) is 5.35. The maximum atomic E-state index is 12.6. The van der Waals surface area contributed by atoms with Crippen molar-refractivity contribution in [2.24, 2.45) is 0 Å². The molecular formula is C21H18ClN5O4. The molecule has 4 rings (SSSR count). The Bertz CT molecular complexity index is 1340. The lowest BCUT2D eigenvalue weighted by Gasteiger charge is -2.13. The summed E-state index contributed by atoms with van der Waals surface area (Å²) in [7, 11) is 0. The Labute approximate surface area is 181 Å². The van der Waals surface area contributed by atoms with Crippen LogP contribution in [0.4, 0.5) is 5.69 Å². The van der Waals surface area contributed by atoms with Crippen LogP contribution < -0.4 is 11.0 Å². The number of aromatic amines is 2. The molecule has 0 spiro atoms. The number of nitrogens with zero attached hydrogens (tertiary/aromatic N) is 2. The van der Waals surface area contributed by atoms with Crippen molar-refractivity contribution in [2.45, 2.75) is 20.0 Å². The van der Waals surface area contributed by atoms with Gasteiger partial charge < -0.3 is 20.0 Å². The van der Waals surface area contributed by atoms with Crippen molar-refractivity contribution < 1.29 is 14.3 Å². The van der Waals surface area contributed by atoms with Crippen molar-refractivity contribution in [1.29, 1.82) is 0 Å². The summed E-state index contributed by atoms with van der Waals surface area (Å²) in [5.74, 6) is -1.17. The molecule has 9 nitrogen and oxygen atoms in total. The molecule has 0 bridgehead atoms. The Morgan fingerprint density at radius 3 is 2.58 bits per heavy atom. The van der Waals surface area contributed by atoms with Gasteiger partial charge in [-0.15, -0.1) is 0 Å². The first-order valence-corrected chi connectivity index (χ1v) is 9.74. The van der Waals surface area contributed by atoms with Gasteiger partial charge in [0.05, 0.1) is 28.6 Å². The smallest absolute Gasteiger partial charge is 0.342 e. The van der Waals surface area contributed by atoms with E-state index in [0.29, 0.717) is 27.4 Å². The molecule has 0 saturated heterocycles. The van der Waals surface area contributed by atoms with Gasteiger partial charge in [-0.05, 0) is 56.3 Å². The molecule has 1 amide bonds. The van der Waals surface area contributed by atoms with Gasteiger partial charge in [-0.25, -0.2) is 14.3 Å².